The van der Waals surface area contributed by atoms with E-state index >= 15 is 0 Å². The van der Waals surface area contributed by atoms with Gasteiger partial charge in [0.15, 0.2) is 0 Å². The molecule has 7 rings (SSSR count). The molecule has 1 aliphatic rings. The number of hydrogen-bond acceptors (Lipinski definition) is 8. The quantitative estimate of drug-likeness (QED) is 0.174. The summed E-state index contributed by atoms with van der Waals surface area (Å²) in [6.45, 7) is 0. The van der Waals surface area contributed by atoms with Crippen molar-refractivity contribution in [2.45, 2.75) is 12.4 Å². The number of ketones is 2. The van der Waals surface area contributed by atoms with Gasteiger partial charge in [-0.2, -0.15) is 26.3 Å². The van der Waals surface area contributed by atoms with Crippen molar-refractivity contribution in [3.63, 3.8) is 0 Å². The van der Waals surface area contributed by atoms with Crippen LogP contribution in [0.4, 0.5) is 26.3 Å². The van der Waals surface area contributed by atoms with E-state index in [2.05, 4.69) is 9.97 Å². The van der Waals surface area contributed by atoms with Gasteiger partial charge in [-0.15, -0.1) is 45.3 Å². The van der Waals surface area contributed by atoms with Gasteiger partial charge in [-0.25, -0.2) is 9.97 Å². The first-order chi connectivity index (χ1) is 20.9. The molecule has 0 bridgehead atoms. The highest BCUT2D eigenvalue weighted by Gasteiger charge is 2.38. The van der Waals surface area contributed by atoms with Crippen LogP contribution in [0.2, 0.25) is 0 Å². The summed E-state index contributed by atoms with van der Waals surface area (Å²) in [5.74, 6) is -0.861. The van der Waals surface area contributed by atoms with Gasteiger partial charge in [0, 0.05) is 9.75 Å². The van der Waals surface area contributed by atoms with Crippen LogP contribution in [0.1, 0.15) is 41.9 Å². The number of nitrogens with zero attached hydrogens (tertiary/aromatic N) is 2. The second-order valence-electron chi connectivity index (χ2n) is 9.53. The Labute approximate surface area is 259 Å². The van der Waals surface area contributed by atoms with Crippen molar-refractivity contribution in [1.82, 2.24) is 9.97 Å². The molecule has 2 aromatic carbocycles. The maximum Gasteiger partial charge on any atom is 0.416 e. The Hall–Kier alpha value is -3.98. The van der Waals surface area contributed by atoms with Crippen molar-refractivity contribution in [3.8, 4) is 40.7 Å². The molecule has 220 valence electrons. The van der Waals surface area contributed by atoms with E-state index in [9.17, 15) is 35.9 Å². The van der Waals surface area contributed by atoms with Crippen LogP contribution in [0, 0.1) is 0 Å². The summed E-state index contributed by atoms with van der Waals surface area (Å²) in [6, 6.07) is 16.6. The van der Waals surface area contributed by atoms with Crippen molar-refractivity contribution in [2.75, 3.05) is 0 Å². The Morgan fingerprint density at radius 2 is 0.795 bits per heavy atom. The summed E-state index contributed by atoms with van der Waals surface area (Å²) in [4.78, 5) is 38.8. The lowest BCUT2D eigenvalue weighted by molar-refractivity contribution is -0.138. The van der Waals surface area contributed by atoms with E-state index in [-0.39, 0.29) is 21.1 Å². The summed E-state index contributed by atoms with van der Waals surface area (Å²) >= 11 is 4.68. The van der Waals surface area contributed by atoms with Gasteiger partial charge in [-0.05, 0) is 59.7 Å². The molecule has 0 N–H and O–H groups in total. The fourth-order valence-corrected chi connectivity index (χ4v) is 8.68. The summed E-state index contributed by atoms with van der Waals surface area (Å²) in [5.41, 5.74) is -0.248. The highest BCUT2D eigenvalue weighted by atomic mass is 32.1. The molecule has 0 amide bonds. The van der Waals surface area contributed by atoms with Crippen LogP contribution < -0.4 is 0 Å². The first kappa shape index (κ1) is 28.8. The Morgan fingerprint density at radius 1 is 0.455 bits per heavy atom. The average molecular weight is 675 g/mol. The largest absolute Gasteiger partial charge is 0.416 e. The number of benzene rings is 2. The predicted molar refractivity (Wildman–Crippen MR) is 159 cm³/mol. The third-order valence-electron chi connectivity index (χ3n) is 6.72. The zero-order valence-corrected chi connectivity index (χ0v) is 24.8. The summed E-state index contributed by atoms with van der Waals surface area (Å²) in [6.07, 6.45) is -8.87. The van der Waals surface area contributed by atoms with Crippen LogP contribution in [0.3, 0.4) is 0 Å². The topological polar surface area (TPSA) is 59.9 Å². The van der Waals surface area contributed by atoms with Crippen LogP contribution in [-0.4, -0.2) is 21.5 Å². The Kier molecular flexibility index (Phi) is 6.73. The molecule has 4 aromatic heterocycles. The second-order valence-corrected chi connectivity index (χ2v) is 13.7. The molecule has 6 aromatic rings. The van der Waals surface area contributed by atoms with Gasteiger partial charge in [-0.3, -0.25) is 9.59 Å². The molecular formula is C30H12F6N2O2S4. The maximum absolute atomic E-state index is 13.4. The van der Waals surface area contributed by atoms with E-state index < -0.39 is 35.0 Å². The number of thiophene rings is 2. The number of fused-ring (bicyclic) bond motifs is 2. The van der Waals surface area contributed by atoms with Gasteiger partial charge in [0.2, 0.25) is 11.6 Å². The molecule has 1 aliphatic carbocycles. The minimum absolute atomic E-state index is 0.0267. The lowest BCUT2D eigenvalue weighted by Crippen LogP contribution is -2.18. The highest BCUT2D eigenvalue weighted by molar-refractivity contribution is 7.26. The SMILES string of the molecule is O=C1c2nc(-c3ccc(-c4ccc(C(F)(F)F)cc4)s3)sc2C(=O)c2nc(-c3ccc(-c4ccc(C(F)(F)F)cc4)s3)sc21. The first-order valence-corrected chi connectivity index (χ1v) is 15.8. The third kappa shape index (κ3) is 5.01. The minimum Gasteiger partial charge on any atom is -0.286 e. The zero-order chi connectivity index (χ0) is 31.0. The predicted octanol–water partition coefficient (Wildman–Crippen LogP) is 10.2. The molecule has 0 unspecified atom stereocenters. The third-order valence-corrected chi connectivity index (χ3v) is 11.4. The van der Waals surface area contributed by atoms with Crippen molar-refractivity contribution in [2.24, 2.45) is 0 Å². The van der Waals surface area contributed by atoms with Gasteiger partial charge in [0.05, 0.1) is 20.9 Å². The van der Waals surface area contributed by atoms with Crippen molar-refractivity contribution < 1.29 is 35.9 Å². The van der Waals surface area contributed by atoms with Crippen molar-refractivity contribution in [1.29, 1.82) is 0 Å². The van der Waals surface area contributed by atoms with Crippen molar-refractivity contribution >= 4 is 56.9 Å². The van der Waals surface area contributed by atoms with Crippen LogP contribution in [-0.2, 0) is 12.4 Å². The normalized spacial score (nSPS) is 13.3. The molecular weight excluding hydrogens is 663 g/mol. The molecule has 4 nitrogen and oxygen atoms in total. The molecule has 0 aliphatic heterocycles. The highest BCUT2D eigenvalue weighted by Crippen LogP contribution is 2.44. The second kappa shape index (κ2) is 10.3. The van der Waals surface area contributed by atoms with E-state index in [0.717, 1.165) is 46.9 Å². The standard InChI is InChI=1S/C30H12F6N2O2S4/c31-29(32,33)15-5-1-13(2-6-15)17-9-11-19(41-17)27-37-21-23(39)26-22(24(40)25(21)43-27)38-28(44-26)20-12-10-18(42-20)14-3-7-16(8-4-14)30(34,35)36/h1-12H. The molecule has 44 heavy (non-hydrogen) atoms. The lowest BCUT2D eigenvalue weighted by Gasteiger charge is -2.06. The maximum atomic E-state index is 13.4. The summed E-state index contributed by atoms with van der Waals surface area (Å²) < 4.78 is 77.5. The van der Waals surface area contributed by atoms with E-state index in [4.69, 9.17) is 0 Å². The number of carbonyl (C=O) groups excluding carboxylic acids is 2. The molecule has 0 saturated carbocycles. The van der Waals surface area contributed by atoms with Gasteiger partial charge in [-0.1, -0.05) is 24.3 Å². The molecule has 14 heteroatoms. The number of rotatable bonds is 4. The fourth-order valence-electron chi connectivity index (χ4n) is 4.54. The average Bonchev–Trinajstić information content (AvgIpc) is 3.80. The monoisotopic (exact) mass is 674 g/mol. The summed E-state index contributed by atoms with van der Waals surface area (Å²) in [5, 5.41) is 0.879. The fraction of sp³-hybridized carbons (Fsp3) is 0.0667. The smallest absolute Gasteiger partial charge is 0.286 e. The molecule has 4 heterocycles. The zero-order valence-electron chi connectivity index (χ0n) is 21.5. The van der Waals surface area contributed by atoms with E-state index in [0.29, 0.717) is 40.7 Å². The van der Waals surface area contributed by atoms with Gasteiger partial charge in [0.25, 0.3) is 0 Å². The van der Waals surface area contributed by atoms with Crippen LogP contribution in [0.25, 0.3) is 40.7 Å². The Bertz CT molecular complexity index is 1880. The minimum atomic E-state index is -4.43. The number of aromatic nitrogens is 2. The van der Waals surface area contributed by atoms with E-state index in [1.165, 1.54) is 46.9 Å². The molecule has 0 atom stereocenters. The van der Waals surface area contributed by atoms with Crippen LogP contribution in [0.15, 0.2) is 72.8 Å². The summed E-state index contributed by atoms with van der Waals surface area (Å²) in [7, 11) is 0. The first-order valence-electron chi connectivity index (χ1n) is 12.5. The van der Waals surface area contributed by atoms with Gasteiger partial charge < -0.3 is 0 Å². The lowest BCUT2D eigenvalue weighted by atomic mass is 10.0. The molecule has 0 saturated heterocycles. The van der Waals surface area contributed by atoms with Crippen molar-refractivity contribution in [3.05, 3.63) is 105 Å². The van der Waals surface area contributed by atoms with Crippen LogP contribution >= 0.6 is 45.3 Å². The Balaban J connectivity index is 1.14. The molecule has 0 radical (unpaired) electrons. The number of carbonyl (C=O) groups is 2. The van der Waals surface area contributed by atoms with Gasteiger partial charge in [0.1, 0.15) is 31.2 Å². The molecule has 0 fully saturated rings. The van der Waals surface area contributed by atoms with E-state index in [1.807, 2.05) is 0 Å². The van der Waals surface area contributed by atoms with E-state index in [1.54, 1.807) is 24.3 Å². The number of alkyl halides is 6. The number of halogens is 6. The number of hydrogen-bond donors (Lipinski definition) is 0. The Morgan fingerprint density at radius 3 is 1.14 bits per heavy atom. The molecule has 0 spiro atoms. The van der Waals surface area contributed by atoms with Gasteiger partial charge >= 0.3 is 12.4 Å². The number of thiazole rings is 2. The van der Waals surface area contributed by atoms with Crippen LogP contribution in [0.5, 0.6) is 0 Å².